The summed E-state index contributed by atoms with van der Waals surface area (Å²) < 4.78 is 5.62. The summed E-state index contributed by atoms with van der Waals surface area (Å²) in [7, 11) is 0. The maximum Gasteiger partial charge on any atom is 0.257 e. The molecular formula is C19H18ClN3O3. The van der Waals surface area contributed by atoms with Crippen molar-refractivity contribution in [3.8, 4) is 5.75 Å². The van der Waals surface area contributed by atoms with Crippen molar-refractivity contribution in [2.24, 2.45) is 4.99 Å². The topological polar surface area (TPSA) is 79.8 Å². The average Bonchev–Trinajstić information content (AvgIpc) is 2.62. The molecule has 0 bridgehead atoms. The second-order valence-corrected chi connectivity index (χ2v) is 6.11. The van der Waals surface area contributed by atoms with Gasteiger partial charge in [0, 0.05) is 16.1 Å². The van der Waals surface area contributed by atoms with Gasteiger partial charge < -0.3 is 4.74 Å². The highest BCUT2D eigenvalue weighted by molar-refractivity contribution is 6.30. The number of nitrogens with one attached hydrogen (secondary N) is 2. The van der Waals surface area contributed by atoms with Crippen LogP contribution in [0.1, 0.15) is 35.3 Å². The third-order valence-electron chi connectivity index (χ3n) is 3.84. The number of carbonyl (C=O) groups excluding carboxylic acids is 2. The van der Waals surface area contributed by atoms with Crippen molar-refractivity contribution in [1.82, 2.24) is 10.6 Å². The Morgan fingerprint density at radius 1 is 1.27 bits per heavy atom. The number of nitrogens with zero attached hydrogens (tertiary/aromatic N) is 1. The van der Waals surface area contributed by atoms with Crippen LogP contribution >= 0.6 is 11.6 Å². The Morgan fingerprint density at radius 2 is 2.00 bits per heavy atom. The number of para-hydroxylation sites is 1. The van der Waals surface area contributed by atoms with E-state index in [-0.39, 0.29) is 24.2 Å². The van der Waals surface area contributed by atoms with Crippen LogP contribution in [0.5, 0.6) is 5.75 Å². The molecule has 3 rings (SSSR count). The molecule has 0 fully saturated rings. The maximum absolute atomic E-state index is 12.3. The second-order valence-electron chi connectivity index (χ2n) is 5.68. The quantitative estimate of drug-likeness (QED) is 0.866. The van der Waals surface area contributed by atoms with Crippen LogP contribution in [-0.4, -0.2) is 24.4 Å². The first-order valence-corrected chi connectivity index (χ1v) is 8.61. The van der Waals surface area contributed by atoms with E-state index in [1.807, 2.05) is 31.2 Å². The molecular weight excluding hydrogens is 354 g/mol. The minimum absolute atomic E-state index is 0.123. The molecule has 1 aliphatic rings. The molecule has 0 aromatic heterocycles. The van der Waals surface area contributed by atoms with Crippen LogP contribution in [0.4, 0.5) is 0 Å². The van der Waals surface area contributed by atoms with Gasteiger partial charge >= 0.3 is 0 Å². The second kappa shape index (κ2) is 8.01. The van der Waals surface area contributed by atoms with Gasteiger partial charge in [-0.2, -0.15) is 0 Å². The Hall–Kier alpha value is -2.86. The number of hydrogen-bond donors (Lipinski definition) is 2. The normalized spacial score (nSPS) is 16.5. The average molecular weight is 372 g/mol. The van der Waals surface area contributed by atoms with Crippen molar-refractivity contribution in [2.75, 3.05) is 6.61 Å². The molecule has 0 aliphatic carbocycles. The minimum Gasteiger partial charge on any atom is -0.494 e. The Labute approximate surface area is 156 Å². The van der Waals surface area contributed by atoms with E-state index in [0.717, 1.165) is 5.56 Å². The van der Waals surface area contributed by atoms with Gasteiger partial charge in [-0.25, -0.2) is 4.99 Å². The van der Waals surface area contributed by atoms with Gasteiger partial charge in [-0.1, -0.05) is 29.8 Å². The zero-order valence-corrected chi connectivity index (χ0v) is 14.9. The van der Waals surface area contributed by atoms with Crippen LogP contribution in [0.2, 0.25) is 5.02 Å². The van der Waals surface area contributed by atoms with Gasteiger partial charge in [-0.15, -0.1) is 0 Å². The molecule has 0 saturated carbocycles. The molecule has 134 valence electrons. The van der Waals surface area contributed by atoms with E-state index >= 15 is 0 Å². The standard InChI is InChI=1S/C19H18ClN3O3/c1-2-26-16-6-4-3-5-14(16)15-11-17(24)22-19(21-15)23-18(25)12-7-9-13(20)10-8-12/h3-10,15H,2,11H2,1H3,(H2,21,22,23,24,25)/t15-/m0/s1. The lowest BCUT2D eigenvalue weighted by Gasteiger charge is -2.23. The number of carbonyl (C=O) groups is 2. The molecule has 2 amide bonds. The first kappa shape index (κ1) is 17.9. The predicted molar refractivity (Wildman–Crippen MR) is 99.5 cm³/mol. The molecule has 6 nitrogen and oxygen atoms in total. The van der Waals surface area contributed by atoms with Crippen molar-refractivity contribution < 1.29 is 14.3 Å². The monoisotopic (exact) mass is 371 g/mol. The maximum atomic E-state index is 12.3. The largest absolute Gasteiger partial charge is 0.494 e. The van der Waals surface area contributed by atoms with Gasteiger partial charge in [0.1, 0.15) is 5.75 Å². The zero-order chi connectivity index (χ0) is 18.5. The molecule has 2 N–H and O–H groups in total. The van der Waals surface area contributed by atoms with E-state index in [2.05, 4.69) is 15.6 Å². The molecule has 0 unspecified atom stereocenters. The summed E-state index contributed by atoms with van der Waals surface area (Å²) in [6.07, 6.45) is 0.185. The Balaban J connectivity index is 1.82. The van der Waals surface area contributed by atoms with Crippen LogP contribution in [0.15, 0.2) is 53.5 Å². The molecule has 1 aliphatic heterocycles. The summed E-state index contributed by atoms with van der Waals surface area (Å²) in [5, 5.41) is 5.76. The van der Waals surface area contributed by atoms with Crippen LogP contribution < -0.4 is 15.4 Å². The van der Waals surface area contributed by atoms with Gasteiger partial charge in [0.15, 0.2) is 0 Å². The number of guanidine groups is 1. The summed E-state index contributed by atoms with van der Waals surface area (Å²) in [4.78, 5) is 28.9. The van der Waals surface area contributed by atoms with E-state index in [1.54, 1.807) is 24.3 Å². The summed E-state index contributed by atoms with van der Waals surface area (Å²) >= 11 is 5.83. The fourth-order valence-electron chi connectivity index (χ4n) is 2.66. The molecule has 0 radical (unpaired) electrons. The fraction of sp³-hybridized carbons (Fsp3) is 0.211. The highest BCUT2D eigenvalue weighted by atomic mass is 35.5. The fourth-order valence-corrected chi connectivity index (χ4v) is 2.79. The van der Waals surface area contributed by atoms with Crippen molar-refractivity contribution in [1.29, 1.82) is 0 Å². The number of ether oxygens (including phenoxy) is 1. The van der Waals surface area contributed by atoms with Crippen molar-refractivity contribution >= 4 is 29.4 Å². The SMILES string of the molecule is CCOc1ccccc1[C@@H]1CC(=O)NC(NC(=O)c2ccc(Cl)cc2)=N1. The zero-order valence-electron chi connectivity index (χ0n) is 14.2. The van der Waals surface area contributed by atoms with E-state index in [0.29, 0.717) is 22.9 Å². The third kappa shape index (κ3) is 4.21. The molecule has 1 atom stereocenters. The van der Waals surface area contributed by atoms with Gasteiger partial charge in [0.05, 0.1) is 19.1 Å². The van der Waals surface area contributed by atoms with E-state index < -0.39 is 6.04 Å². The smallest absolute Gasteiger partial charge is 0.257 e. The van der Waals surface area contributed by atoms with Gasteiger partial charge in [-0.05, 0) is 37.3 Å². The number of hydrogen-bond acceptors (Lipinski definition) is 4. The van der Waals surface area contributed by atoms with Crippen LogP contribution in [-0.2, 0) is 4.79 Å². The lowest BCUT2D eigenvalue weighted by atomic mass is 10.0. The molecule has 7 heteroatoms. The molecule has 0 spiro atoms. The highest BCUT2D eigenvalue weighted by Crippen LogP contribution is 2.31. The lowest BCUT2D eigenvalue weighted by Crippen LogP contribution is -2.47. The Kier molecular flexibility index (Phi) is 5.53. The van der Waals surface area contributed by atoms with Crippen molar-refractivity contribution in [2.45, 2.75) is 19.4 Å². The molecule has 0 saturated heterocycles. The summed E-state index contributed by atoms with van der Waals surface area (Å²) in [5.74, 6) is 0.210. The molecule has 26 heavy (non-hydrogen) atoms. The summed E-state index contributed by atoms with van der Waals surface area (Å²) in [6.45, 7) is 2.41. The summed E-state index contributed by atoms with van der Waals surface area (Å²) in [6, 6.07) is 13.5. The van der Waals surface area contributed by atoms with E-state index in [4.69, 9.17) is 16.3 Å². The van der Waals surface area contributed by atoms with Crippen LogP contribution in [0.25, 0.3) is 0 Å². The Morgan fingerprint density at radius 3 is 2.73 bits per heavy atom. The number of halogens is 1. The first-order valence-electron chi connectivity index (χ1n) is 8.23. The van der Waals surface area contributed by atoms with E-state index in [1.165, 1.54) is 0 Å². The lowest BCUT2D eigenvalue weighted by molar-refractivity contribution is -0.120. The predicted octanol–water partition coefficient (Wildman–Crippen LogP) is 3.09. The van der Waals surface area contributed by atoms with Crippen LogP contribution in [0, 0.1) is 0 Å². The first-order chi connectivity index (χ1) is 12.6. The molecule has 1 heterocycles. The molecule has 2 aromatic carbocycles. The number of aliphatic imine (C=N–C) groups is 1. The Bertz CT molecular complexity index is 849. The summed E-state index contributed by atoms with van der Waals surface area (Å²) in [5.41, 5.74) is 1.23. The number of amides is 2. The number of benzene rings is 2. The van der Waals surface area contributed by atoms with Crippen molar-refractivity contribution in [3.05, 3.63) is 64.7 Å². The van der Waals surface area contributed by atoms with Gasteiger partial charge in [0.2, 0.25) is 11.9 Å². The van der Waals surface area contributed by atoms with Crippen LogP contribution in [0.3, 0.4) is 0 Å². The van der Waals surface area contributed by atoms with Crippen molar-refractivity contribution in [3.63, 3.8) is 0 Å². The third-order valence-corrected chi connectivity index (χ3v) is 4.09. The molecule has 2 aromatic rings. The highest BCUT2D eigenvalue weighted by Gasteiger charge is 2.25. The van der Waals surface area contributed by atoms with E-state index in [9.17, 15) is 9.59 Å². The van der Waals surface area contributed by atoms with Gasteiger partial charge in [0.25, 0.3) is 5.91 Å². The van der Waals surface area contributed by atoms with Gasteiger partial charge in [-0.3, -0.25) is 20.2 Å². The number of rotatable bonds is 4. The minimum atomic E-state index is -0.424.